The molecule has 1 saturated carbocycles. The molecule has 0 saturated heterocycles. The van der Waals surface area contributed by atoms with Gasteiger partial charge in [0.05, 0.1) is 0 Å². The predicted molar refractivity (Wildman–Crippen MR) is 56.3 cm³/mol. The molecule has 1 aromatic rings. The van der Waals surface area contributed by atoms with Crippen LogP contribution in [-0.2, 0) is 6.18 Å². The monoisotopic (exact) mass is 250 g/mol. The molecule has 1 heterocycles. The smallest absolute Gasteiger partial charge is 0.327 e. The summed E-state index contributed by atoms with van der Waals surface area (Å²) in [5.41, 5.74) is 5.93. The van der Waals surface area contributed by atoms with Gasteiger partial charge >= 0.3 is 6.18 Å². The van der Waals surface area contributed by atoms with Crippen LogP contribution < -0.4 is 5.73 Å². The third kappa shape index (κ3) is 2.38. The molecule has 90 valence electrons. The molecule has 16 heavy (non-hydrogen) atoms. The minimum absolute atomic E-state index is 0.0183. The molecule has 2 N–H and O–H groups in total. The third-order valence-corrected chi connectivity index (χ3v) is 4.13. The van der Waals surface area contributed by atoms with Gasteiger partial charge in [-0.05, 0) is 12.8 Å². The molecule has 2 rings (SSSR count). The first-order valence-corrected chi connectivity index (χ1v) is 6.08. The summed E-state index contributed by atoms with van der Waals surface area (Å²) < 4.78 is 37.1. The van der Waals surface area contributed by atoms with Crippen molar-refractivity contribution in [3.8, 4) is 0 Å². The summed E-state index contributed by atoms with van der Waals surface area (Å²) in [5.74, 6) is 0.0577. The Bertz CT molecular complexity index is 361. The van der Waals surface area contributed by atoms with E-state index in [2.05, 4.69) is 4.98 Å². The number of nitrogens with zero attached hydrogens (tertiary/aromatic N) is 1. The van der Waals surface area contributed by atoms with E-state index in [9.17, 15) is 13.2 Å². The molecule has 0 amide bonds. The van der Waals surface area contributed by atoms with Crippen molar-refractivity contribution in [2.24, 2.45) is 5.73 Å². The largest absolute Gasteiger partial charge is 0.443 e. The van der Waals surface area contributed by atoms with Crippen molar-refractivity contribution in [2.45, 2.75) is 43.8 Å². The van der Waals surface area contributed by atoms with Crippen LogP contribution >= 0.6 is 11.3 Å². The molecule has 1 aliphatic carbocycles. The summed E-state index contributed by atoms with van der Waals surface area (Å²) in [5, 5.41) is -0.764. The van der Waals surface area contributed by atoms with E-state index in [1.807, 2.05) is 0 Å². The van der Waals surface area contributed by atoms with Crippen molar-refractivity contribution >= 4 is 11.3 Å². The number of alkyl halides is 3. The first kappa shape index (κ1) is 11.9. The lowest BCUT2D eigenvalue weighted by atomic mass is 9.84. The van der Waals surface area contributed by atoms with Gasteiger partial charge in [-0.2, -0.15) is 13.2 Å². The van der Waals surface area contributed by atoms with Crippen LogP contribution in [0.3, 0.4) is 0 Å². The van der Waals surface area contributed by atoms with Gasteiger partial charge in [0.25, 0.3) is 0 Å². The Hall–Kier alpha value is -0.620. The fourth-order valence-electron chi connectivity index (χ4n) is 2.10. The molecule has 2 nitrogen and oxygen atoms in total. The second-order valence-corrected chi connectivity index (χ2v) is 5.18. The normalized spacial score (nSPS) is 27.0. The first-order chi connectivity index (χ1) is 7.48. The van der Waals surface area contributed by atoms with Gasteiger partial charge in [-0.25, -0.2) is 4.98 Å². The van der Waals surface area contributed by atoms with Crippen molar-refractivity contribution in [2.75, 3.05) is 0 Å². The maximum absolute atomic E-state index is 12.4. The zero-order chi connectivity index (χ0) is 11.8. The van der Waals surface area contributed by atoms with Crippen LogP contribution in [0, 0.1) is 0 Å². The third-order valence-electron chi connectivity index (χ3n) is 2.95. The van der Waals surface area contributed by atoms with Crippen LogP contribution in [-0.4, -0.2) is 11.0 Å². The van der Waals surface area contributed by atoms with E-state index in [-0.39, 0.29) is 12.0 Å². The van der Waals surface area contributed by atoms with E-state index in [4.69, 9.17) is 5.73 Å². The Kier molecular flexibility index (Phi) is 3.21. The lowest BCUT2D eigenvalue weighted by molar-refractivity contribution is -0.137. The second-order valence-electron chi connectivity index (χ2n) is 4.12. The predicted octanol–water partition coefficient (Wildman–Crippen LogP) is 3.15. The molecule has 2 atom stereocenters. The van der Waals surface area contributed by atoms with Gasteiger partial charge < -0.3 is 5.73 Å². The second kappa shape index (κ2) is 4.33. The first-order valence-electron chi connectivity index (χ1n) is 5.27. The number of rotatable bonds is 1. The molecule has 1 fully saturated rings. The molecular formula is C10H13F3N2S. The molecule has 1 aliphatic rings. The Balaban J connectivity index is 2.18. The zero-order valence-electron chi connectivity index (χ0n) is 8.63. The van der Waals surface area contributed by atoms with Gasteiger partial charge in [0.2, 0.25) is 0 Å². The SMILES string of the molecule is NC1CCCCC1c1cnc(C(F)(F)F)s1. The summed E-state index contributed by atoms with van der Waals surface area (Å²) in [6.45, 7) is 0. The van der Waals surface area contributed by atoms with Gasteiger partial charge in [-0.1, -0.05) is 12.8 Å². The lowest BCUT2D eigenvalue weighted by Crippen LogP contribution is -2.30. The summed E-state index contributed by atoms with van der Waals surface area (Å²) in [7, 11) is 0. The molecule has 0 aromatic carbocycles. The van der Waals surface area contributed by atoms with Gasteiger partial charge in [0, 0.05) is 23.0 Å². The Morgan fingerprint density at radius 2 is 2.00 bits per heavy atom. The minimum Gasteiger partial charge on any atom is -0.327 e. The maximum Gasteiger partial charge on any atom is 0.443 e. The standard InChI is InChI=1S/C10H13F3N2S/c11-10(12,13)9-15-5-8(16-9)6-3-1-2-4-7(6)14/h5-7H,1-4,14H2. The number of nitrogens with two attached hydrogens (primary N) is 1. The fourth-order valence-corrected chi connectivity index (χ4v) is 3.10. The average Bonchev–Trinajstić information content (AvgIpc) is 2.66. The Morgan fingerprint density at radius 1 is 1.31 bits per heavy atom. The van der Waals surface area contributed by atoms with E-state index >= 15 is 0 Å². The Morgan fingerprint density at radius 3 is 2.56 bits per heavy atom. The molecule has 2 unspecified atom stereocenters. The van der Waals surface area contributed by atoms with Crippen molar-refractivity contribution < 1.29 is 13.2 Å². The highest BCUT2D eigenvalue weighted by molar-refractivity contribution is 7.11. The summed E-state index contributed by atoms with van der Waals surface area (Å²) >= 11 is 0.734. The molecule has 0 radical (unpaired) electrons. The lowest BCUT2D eigenvalue weighted by Gasteiger charge is -2.27. The molecule has 0 bridgehead atoms. The highest BCUT2D eigenvalue weighted by Crippen LogP contribution is 2.39. The van der Waals surface area contributed by atoms with E-state index in [1.54, 1.807) is 0 Å². The van der Waals surface area contributed by atoms with E-state index in [0.29, 0.717) is 4.88 Å². The van der Waals surface area contributed by atoms with Crippen LogP contribution in [0.2, 0.25) is 0 Å². The van der Waals surface area contributed by atoms with Crippen molar-refractivity contribution in [3.63, 3.8) is 0 Å². The summed E-state index contributed by atoms with van der Waals surface area (Å²) in [4.78, 5) is 4.12. The van der Waals surface area contributed by atoms with Gasteiger partial charge in [-0.15, -0.1) is 11.3 Å². The fraction of sp³-hybridized carbons (Fsp3) is 0.700. The van der Waals surface area contributed by atoms with Crippen LogP contribution in [0.25, 0.3) is 0 Å². The Labute approximate surface area is 95.7 Å². The van der Waals surface area contributed by atoms with Gasteiger partial charge in [0.15, 0.2) is 5.01 Å². The van der Waals surface area contributed by atoms with Crippen LogP contribution in [0.4, 0.5) is 13.2 Å². The number of halogens is 3. The van der Waals surface area contributed by atoms with E-state index in [0.717, 1.165) is 37.0 Å². The highest BCUT2D eigenvalue weighted by atomic mass is 32.1. The molecular weight excluding hydrogens is 237 g/mol. The minimum atomic E-state index is -4.33. The maximum atomic E-state index is 12.4. The molecule has 1 aromatic heterocycles. The number of aromatic nitrogens is 1. The van der Waals surface area contributed by atoms with Crippen molar-refractivity contribution in [1.82, 2.24) is 4.98 Å². The van der Waals surface area contributed by atoms with Crippen LogP contribution in [0.15, 0.2) is 6.20 Å². The van der Waals surface area contributed by atoms with E-state index < -0.39 is 11.2 Å². The van der Waals surface area contributed by atoms with Crippen molar-refractivity contribution in [1.29, 1.82) is 0 Å². The number of hydrogen-bond donors (Lipinski definition) is 1. The summed E-state index contributed by atoms with van der Waals surface area (Å²) in [6, 6.07) is -0.0183. The van der Waals surface area contributed by atoms with Gasteiger partial charge in [0.1, 0.15) is 0 Å². The van der Waals surface area contributed by atoms with Crippen molar-refractivity contribution in [3.05, 3.63) is 16.1 Å². The highest BCUT2D eigenvalue weighted by Gasteiger charge is 2.36. The molecule has 6 heteroatoms. The molecule has 0 aliphatic heterocycles. The van der Waals surface area contributed by atoms with Gasteiger partial charge in [-0.3, -0.25) is 0 Å². The number of hydrogen-bond acceptors (Lipinski definition) is 3. The quantitative estimate of drug-likeness (QED) is 0.831. The molecule has 0 spiro atoms. The summed E-state index contributed by atoms with van der Waals surface area (Å²) in [6.07, 6.45) is 0.885. The van der Waals surface area contributed by atoms with Crippen LogP contribution in [0.5, 0.6) is 0 Å². The van der Waals surface area contributed by atoms with E-state index in [1.165, 1.54) is 6.20 Å². The zero-order valence-corrected chi connectivity index (χ0v) is 9.44. The topological polar surface area (TPSA) is 38.9 Å². The average molecular weight is 250 g/mol. The number of thiazole rings is 1. The van der Waals surface area contributed by atoms with Crippen LogP contribution in [0.1, 0.15) is 41.5 Å².